The lowest BCUT2D eigenvalue weighted by atomic mass is 10.3. The molecule has 8 heteroatoms. The third kappa shape index (κ3) is 4.35. The Hall–Kier alpha value is -2.09. The van der Waals surface area contributed by atoms with Crippen LogP contribution >= 0.6 is 28.3 Å². The molecule has 0 spiro atoms. The number of carbonyl (C=O) groups is 1. The van der Waals surface area contributed by atoms with E-state index in [9.17, 15) is 4.79 Å². The van der Waals surface area contributed by atoms with Crippen LogP contribution in [0.15, 0.2) is 47.1 Å². The zero-order valence-corrected chi connectivity index (χ0v) is 16.9. The van der Waals surface area contributed by atoms with Gasteiger partial charge in [0.05, 0.1) is 18.3 Å². The summed E-state index contributed by atoms with van der Waals surface area (Å²) in [5.74, 6) is 0.516. The minimum atomic E-state index is -0.178. The summed E-state index contributed by atoms with van der Waals surface area (Å²) in [5, 5.41) is 6.14. The number of methoxy groups -OCH3 is 1. The van der Waals surface area contributed by atoms with Crippen molar-refractivity contribution in [2.24, 2.45) is 0 Å². The van der Waals surface area contributed by atoms with E-state index < -0.39 is 0 Å². The molecular formula is C18H20BrClN4O2. The van der Waals surface area contributed by atoms with Gasteiger partial charge in [-0.25, -0.2) is 4.98 Å². The van der Waals surface area contributed by atoms with E-state index in [1.807, 2.05) is 47.7 Å². The van der Waals surface area contributed by atoms with Gasteiger partial charge in [-0.3, -0.25) is 4.79 Å². The highest BCUT2D eigenvalue weighted by molar-refractivity contribution is 9.10. The van der Waals surface area contributed by atoms with E-state index in [-0.39, 0.29) is 18.3 Å². The lowest BCUT2D eigenvalue weighted by molar-refractivity contribution is 0.0930. The van der Waals surface area contributed by atoms with E-state index in [0.29, 0.717) is 24.7 Å². The van der Waals surface area contributed by atoms with E-state index in [4.69, 9.17) is 4.74 Å². The summed E-state index contributed by atoms with van der Waals surface area (Å²) < 4.78 is 7.85. The Morgan fingerprint density at radius 3 is 2.85 bits per heavy atom. The Kier molecular flexibility index (Phi) is 7.02. The third-order valence-corrected chi connectivity index (χ3v) is 4.28. The van der Waals surface area contributed by atoms with Crippen molar-refractivity contribution < 1.29 is 9.53 Å². The second kappa shape index (κ2) is 9.02. The Balaban J connectivity index is 0.00000243. The van der Waals surface area contributed by atoms with Crippen molar-refractivity contribution in [1.29, 1.82) is 0 Å². The molecule has 0 saturated heterocycles. The largest absolute Gasteiger partial charge is 0.383 e. The van der Waals surface area contributed by atoms with Crippen LogP contribution in [0.5, 0.6) is 0 Å². The number of carbonyl (C=O) groups excluding carboxylic acids is 1. The van der Waals surface area contributed by atoms with Gasteiger partial charge in [-0.05, 0) is 37.3 Å². The van der Waals surface area contributed by atoms with Crippen LogP contribution in [-0.2, 0) is 4.74 Å². The number of halogens is 2. The van der Waals surface area contributed by atoms with Gasteiger partial charge in [0.1, 0.15) is 5.69 Å². The number of nitrogens with one attached hydrogen (secondary N) is 2. The number of amides is 1. The first-order chi connectivity index (χ1) is 12.1. The summed E-state index contributed by atoms with van der Waals surface area (Å²) in [6.07, 6.45) is 1.59. The number of hydrogen-bond donors (Lipinski definition) is 2. The number of hydrogen-bond acceptors (Lipinski definition) is 4. The molecule has 26 heavy (non-hydrogen) atoms. The van der Waals surface area contributed by atoms with E-state index in [0.717, 1.165) is 21.4 Å². The van der Waals surface area contributed by atoms with Crippen molar-refractivity contribution in [3.8, 4) is 0 Å². The molecule has 0 radical (unpaired) electrons. The summed E-state index contributed by atoms with van der Waals surface area (Å²) in [5.41, 5.74) is 3.22. The Labute approximate surface area is 166 Å². The molecule has 1 amide bonds. The molecule has 2 aromatic heterocycles. The van der Waals surface area contributed by atoms with Gasteiger partial charge in [-0.1, -0.05) is 22.0 Å². The number of aryl methyl sites for hydroxylation is 1. The molecule has 2 N–H and O–H groups in total. The van der Waals surface area contributed by atoms with Crippen LogP contribution in [0.2, 0.25) is 0 Å². The first-order valence-corrected chi connectivity index (χ1v) is 8.66. The van der Waals surface area contributed by atoms with Gasteiger partial charge in [-0.2, -0.15) is 0 Å². The van der Waals surface area contributed by atoms with Gasteiger partial charge in [0.2, 0.25) is 0 Å². The van der Waals surface area contributed by atoms with Crippen molar-refractivity contribution in [3.63, 3.8) is 0 Å². The summed E-state index contributed by atoms with van der Waals surface area (Å²) in [7, 11) is 1.60. The van der Waals surface area contributed by atoms with Crippen molar-refractivity contribution >= 4 is 51.3 Å². The molecule has 0 aliphatic rings. The second-order valence-corrected chi connectivity index (χ2v) is 6.49. The van der Waals surface area contributed by atoms with Crippen LogP contribution in [0.1, 0.15) is 16.2 Å². The fourth-order valence-corrected chi connectivity index (χ4v) is 3.01. The number of ether oxygens (including phenoxy) is 1. The first kappa shape index (κ1) is 20.2. The van der Waals surface area contributed by atoms with Gasteiger partial charge in [0.25, 0.3) is 5.91 Å². The number of anilines is 2. The molecule has 1 aromatic carbocycles. The topological polar surface area (TPSA) is 67.7 Å². The van der Waals surface area contributed by atoms with Crippen LogP contribution in [0.4, 0.5) is 11.5 Å². The van der Waals surface area contributed by atoms with Gasteiger partial charge >= 0.3 is 0 Å². The maximum Gasteiger partial charge on any atom is 0.269 e. The van der Waals surface area contributed by atoms with E-state index >= 15 is 0 Å². The standard InChI is InChI=1S/C18H19BrN4O2.ClH/c1-12-6-7-15-17(22-14-5-3-4-13(19)10-14)21-11-16(23(12)15)18(24)20-8-9-25-2;/h3-7,10-11H,8-9H2,1-2H3,(H,20,24)(H,21,22);1H. The molecule has 6 nitrogen and oxygen atoms in total. The van der Waals surface area contributed by atoms with E-state index in [1.165, 1.54) is 0 Å². The molecule has 0 aliphatic heterocycles. The summed E-state index contributed by atoms with van der Waals surface area (Å²) >= 11 is 3.46. The van der Waals surface area contributed by atoms with E-state index in [2.05, 4.69) is 31.5 Å². The zero-order valence-electron chi connectivity index (χ0n) is 14.5. The summed E-state index contributed by atoms with van der Waals surface area (Å²) in [6, 6.07) is 11.8. The van der Waals surface area contributed by atoms with Crippen LogP contribution in [-0.4, -0.2) is 35.6 Å². The maximum atomic E-state index is 12.4. The normalized spacial score (nSPS) is 10.4. The highest BCUT2D eigenvalue weighted by Gasteiger charge is 2.15. The number of benzene rings is 1. The van der Waals surface area contributed by atoms with E-state index in [1.54, 1.807) is 13.3 Å². The zero-order chi connectivity index (χ0) is 17.8. The maximum absolute atomic E-state index is 12.4. The summed E-state index contributed by atoms with van der Waals surface area (Å²) in [6.45, 7) is 2.88. The number of fused-ring (bicyclic) bond motifs is 1. The molecular weight excluding hydrogens is 420 g/mol. The molecule has 3 aromatic rings. The molecule has 0 bridgehead atoms. The van der Waals surface area contributed by atoms with Crippen molar-refractivity contribution in [3.05, 3.63) is 58.5 Å². The number of rotatable bonds is 6. The Morgan fingerprint density at radius 1 is 1.31 bits per heavy atom. The minimum Gasteiger partial charge on any atom is -0.383 e. The predicted molar refractivity (Wildman–Crippen MR) is 109 cm³/mol. The fraction of sp³-hybridized carbons (Fsp3) is 0.222. The Morgan fingerprint density at radius 2 is 2.12 bits per heavy atom. The molecule has 0 atom stereocenters. The van der Waals surface area contributed by atoms with Crippen molar-refractivity contribution in [2.75, 3.05) is 25.6 Å². The monoisotopic (exact) mass is 438 g/mol. The van der Waals surface area contributed by atoms with Crippen molar-refractivity contribution in [1.82, 2.24) is 14.7 Å². The highest BCUT2D eigenvalue weighted by Crippen LogP contribution is 2.24. The SMILES string of the molecule is COCCNC(=O)c1cnc(Nc2cccc(Br)c2)c2ccc(C)n12.Cl. The molecule has 0 unspecified atom stereocenters. The van der Waals surface area contributed by atoms with Crippen LogP contribution in [0, 0.1) is 6.92 Å². The Bertz CT molecular complexity index is 913. The van der Waals surface area contributed by atoms with Gasteiger partial charge in [-0.15, -0.1) is 12.4 Å². The first-order valence-electron chi connectivity index (χ1n) is 7.87. The molecule has 0 saturated carbocycles. The van der Waals surface area contributed by atoms with Crippen LogP contribution in [0.3, 0.4) is 0 Å². The lowest BCUT2D eigenvalue weighted by Gasteiger charge is -2.13. The molecule has 138 valence electrons. The second-order valence-electron chi connectivity index (χ2n) is 5.57. The predicted octanol–water partition coefficient (Wildman–Crippen LogP) is 3.95. The highest BCUT2D eigenvalue weighted by atomic mass is 79.9. The van der Waals surface area contributed by atoms with Gasteiger partial charge in [0.15, 0.2) is 5.82 Å². The molecule has 0 aliphatic carbocycles. The number of nitrogens with zero attached hydrogens (tertiary/aromatic N) is 2. The average molecular weight is 440 g/mol. The smallest absolute Gasteiger partial charge is 0.269 e. The van der Waals surface area contributed by atoms with Crippen LogP contribution in [0.25, 0.3) is 5.52 Å². The molecule has 0 fully saturated rings. The fourth-order valence-electron chi connectivity index (χ4n) is 2.61. The third-order valence-electron chi connectivity index (χ3n) is 3.79. The quantitative estimate of drug-likeness (QED) is 0.571. The van der Waals surface area contributed by atoms with Crippen molar-refractivity contribution in [2.45, 2.75) is 6.92 Å². The van der Waals surface area contributed by atoms with Gasteiger partial charge in [0, 0.05) is 29.5 Å². The average Bonchev–Trinajstić information content (AvgIpc) is 2.98. The lowest BCUT2D eigenvalue weighted by Crippen LogP contribution is -2.29. The molecule has 3 rings (SSSR count). The minimum absolute atomic E-state index is 0. The molecule has 2 heterocycles. The van der Waals surface area contributed by atoms with Crippen LogP contribution < -0.4 is 10.6 Å². The summed E-state index contributed by atoms with van der Waals surface area (Å²) in [4.78, 5) is 16.9. The van der Waals surface area contributed by atoms with Gasteiger partial charge < -0.3 is 19.8 Å². The number of aromatic nitrogens is 2.